The van der Waals surface area contributed by atoms with Gasteiger partial charge in [0.25, 0.3) is 0 Å². The van der Waals surface area contributed by atoms with E-state index >= 15 is 0 Å². The Kier molecular flexibility index (Phi) is 7.47. The Labute approximate surface area is 209 Å². The highest BCUT2D eigenvalue weighted by Crippen LogP contribution is 2.29. The van der Waals surface area contributed by atoms with E-state index in [2.05, 4.69) is 0 Å². The summed E-state index contributed by atoms with van der Waals surface area (Å²) >= 11 is 0. The average molecular weight is 485 g/mol. The van der Waals surface area contributed by atoms with Crippen molar-refractivity contribution in [1.29, 1.82) is 0 Å². The van der Waals surface area contributed by atoms with Crippen molar-refractivity contribution < 1.29 is 18.0 Å². The van der Waals surface area contributed by atoms with Crippen molar-refractivity contribution in [1.82, 2.24) is 0 Å². The molecule has 4 aromatic carbocycles. The van der Waals surface area contributed by atoms with Gasteiger partial charge in [-0.25, -0.2) is 0 Å². The van der Waals surface area contributed by atoms with Crippen molar-refractivity contribution in [2.45, 2.75) is 40.3 Å². The van der Waals surface area contributed by atoms with E-state index < -0.39 is 14.5 Å². The summed E-state index contributed by atoms with van der Waals surface area (Å²) in [6.07, 6.45) is 0. The molecule has 0 saturated heterocycles. The molecule has 0 N–H and O–H groups in total. The second-order valence-corrected chi connectivity index (χ2v) is 11.6. The summed E-state index contributed by atoms with van der Waals surface area (Å²) in [5.41, 5.74) is 4.08. The molecule has 4 nitrogen and oxygen atoms in total. The minimum atomic E-state index is -3.59. The van der Waals surface area contributed by atoms with Crippen molar-refractivity contribution in [3.63, 3.8) is 0 Å². The van der Waals surface area contributed by atoms with Crippen LogP contribution in [0.2, 0.25) is 0 Å². The Morgan fingerprint density at radius 1 is 0.429 bits per heavy atom. The van der Waals surface area contributed by atoms with Crippen molar-refractivity contribution in [3.8, 4) is 23.0 Å². The van der Waals surface area contributed by atoms with Gasteiger partial charge in [0, 0.05) is 0 Å². The normalized spacial score (nSPS) is 12.0. The van der Waals surface area contributed by atoms with Gasteiger partial charge in [-0.2, -0.15) is 0 Å². The van der Waals surface area contributed by atoms with E-state index in [-0.39, 0.29) is 0 Å². The van der Waals surface area contributed by atoms with Gasteiger partial charge in [0.2, 0.25) is 5.73 Å². The molecule has 0 heterocycles. The Hall–Kier alpha value is -3.70. The Balaban J connectivity index is 1.77. The quantitative estimate of drug-likeness (QED) is 0.232. The third kappa shape index (κ3) is 6.46. The standard InChI is InChI=1S/C30H32O4Si/c1-22-6-14-27(15-7-22)31-26(5)35(32-28-16-8-23(2)9-17-28,33-29-18-10-24(3)11-19-29)34-30-20-12-25(4)13-21-30/h6-21,26H,1-5H3. The van der Waals surface area contributed by atoms with Crippen LogP contribution in [0.1, 0.15) is 29.2 Å². The number of rotatable bonds is 9. The predicted octanol–water partition coefficient (Wildman–Crippen LogP) is 7.40. The molecule has 0 aliphatic heterocycles. The minimum Gasteiger partial charge on any atom is -0.482 e. The Bertz CT molecular complexity index is 1100. The highest BCUT2D eigenvalue weighted by atomic mass is 28.4. The molecule has 0 saturated carbocycles. The first-order chi connectivity index (χ1) is 16.8. The predicted molar refractivity (Wildman–Crippen MR) is 142 cm³/mol. The zero-order valence-corrected chi connectivity index (χ0v) is 21.9. The first-order valence-electron chi connectivity index (χ1n) is 11.8. The summed E-state index contributed by atoms with van der Waals surface area (Å²) in [5, 5.41) is 0. The van der Waals surface area contributed by atoms with Gasteiger partial charge in [0.05, 0.1) is 0 Å². The lowest BCUT2D eigenvalue weighted by Crippen LogP contribution is -2.65. The second-order valence-electron chi connectivity index (χ2n) is 8.92. The zero-order valence-electron chi connectivity index (χ0n) is 20.9. The molecular weight excluding hydrogens is 452 g/mol. The van der Waals surface area contributed by atoms with Crippen LogP contribution >= 0.6 is 0 Å². The molecular formula is C30H32O4Si. The van der Waals surface area contributed by atoms with Crippen molar-refractivity contribution >= 4 is 8.80 Å². The van der Waals surface area contributed by atoms with E-state index in [1.54, 1.807) is 0 Å². The molecule has 4 rings (SSSR count). The number of aryl methyl sites for hydroxylation is 4. The first kappa shape index (κ1) is 24.4. The van der Waals surface area contributed by atoms with Crippen LogP contribution in [-0.4, -0.2) is 14.5 Å². The fourth-order valence-corrected chi connectivity index (χ4v) is 5.81. The molecule has 0 spiro atoms. The highest BCUT2D eigenvalue weighted by Gasteiger charge is 2.58. The summed E-state index contributed by atoms with van der Waals surface area (Å²) in [6.45, 7) is 10.1. The Morgan fingerprint density at radius 3 is 0.971 bits per heavy atom. The maximum Gasteiger partial charge on any atom is 0.742 e. The monoisotopic (exact) mass is 484 g/mol. The topological polar surface area (TPSA) is 36.9 Å². The third-order valence-corrected chi connectivity index (χ3v) is 8.35. The van der Waals surface area contributed by atoms with Crippen LogP contribution in [0.3, 0.4) is 0 Å². The molecule has 0 aliphatic carbocycles. The van der Waals surface area contributed by atoms with Crippen molar-refractivity contribution in [2.24, 2.45) is 0 Å². The smallest absolute Gasteiger partial charge is 0.482 e. The van der Waals surface area contributed by atoms with E-state index in [9.17, 15) is 0 Å². The van der Waals surface area contributed by atoms with E-state index in [1.165, 1.54) is 0 Å². The molecule has 4 aromatic rings. The van der Waals surface area contributed by atoms with Crippen LogP contribution in [0.25, 0.3) is 0 Å². The van der Waals surface area contributed by atoms with E-state index in [4.69, 9.17) is 18.0 Å². The second kappa shape index (κ2) is 10.7. The van der Waals surface area contributed by atoms with Crippen LogP contribution in [0, 0.1) is 27.7 Å². The minimum absolute atomic E-state index is 0.519. The van der Waals surface area contributed by atoms with E-state index in [1.807, 2.05) is 132 Å². The lowest BCUT2D eigenvalue weighted by Gasteiger charge is -2.34. The van der Waals surface area contributed by atoms with Gasteiger partial charge >= 0.3 is 8.80 Å². The van der Waals surface area contributed by atoms with Crippen LogP contribution < -0.4 is 18.0 Å². The molecule has 5 heteroatoms. The van der Waals surface area contributed by atoms with E-state index in [0.29, 0.717) is 17.2 Å². The van der Waals surface area contributed by atoms with Crippen molar-refractivity contribution in [3.05, 3.63) is 119 Å². The van der Waals surface area contributed by atoms with Gasteiger partial charge in [0.1, 0.15) is 23.0 Å². The molecule has 0 amide bonds. The van der Waals surface area contributed by atoms with Gasteiger partial charge < -0.3 is 18.0 Å². The summed E-state index contributed by atoms with van der Waals surface area (Å²) < 4.78 is 26.4. The molecule has 0 aliphatic rings. The largest absolute Gasteiger partial charge is 0.742 e. The summed E-state index contributed by atoms with van der Waals surface area (Å²) in [6, 6.07) is 31.6. The highest BCUT2D eigenvalue weighted by molar-refractivity contribution is 6.64. The molecule has 0 fully saturated rings. The van der Waals surface area contributed by atoms with Crippen LogP contribution in [-0.2, 0) is 0 Å². The molecule has 0 bridgehead atoms. The number of hydrogen-bond donors (Lipinski definition) is 0. The number of ether oxygens (including phenoxy) is 1. The van der Waals surface area contributed by atoms with Crippen molar-refractivity contribution in [2.75, 3.05) is 0 Å². The van der Waals surface area contributed by atoms with Gasteiger partial charge in [-0.15, -0.1) is 0 Å². The zero-order chi connectivity index (χ0) is 24.8. The number of hydrogen-bond acceptors (Lipinski definition) is 4. The van der Waals surface area contributed by atoms with Crippen LogP contribution in [0.5, 0.6) is 23.0 Å². The molecule has 0 radical (unpaired) electrons. The SMILES string of the molecule is Cc1ccc(OC(C)[Si](Oc2ccc(C)cc2)(Oc2ccc(C)cc2)Oc2ccc(C)cc2)cc1. The Morgan fingerprint density at radius 2 is 0.686 bits per heavy atom. The van der Waals surface area contributed by atoms with Crippen LogP contribution in [0.15, 0.2) is 97.1 Å². The lowest BCUT2D eigenvalue weighted by molar-refractivity contribution is 0.164. The van der Waals surface area contributed by atoms with Gasteiger partial charge in [-0.1, -0.05) is 70.8 Å². The van der Waals surface area contributed by atoms with Gasteiger partial charge in [0.15, 0.2) is 0 Å². The van der Waals surface area contributed by atoms with E-state index in [0.717, 1.165) is 28.0 Å². The summed E-state index contributed by atoms with van der Waals surface area (Å²) in [5.74, 6) is 2.73. The molecule has 35 heavy (non-hydrogen) atoms. The molecule has 180 valence electrons. The average Bonchev–Trinajstić information content (AvgIpc) is 2.85. The fourth-order valence-electron chi connectivity index (χ4n) is 3.52. The molecule has 1 unspecified atom stereocenters. The molecule has 0 aromatic heterocycles. The van der Waals surface area contributed by atoms with Crippen LogP contribution in [0.4, 0.5) is 0 Å². The maximum atomic E-state index is 6.65. The summed E-state index contributed by atoms with van der Waals surface area (Å²) in [4.78, 5) is 0. The summed E-state index contributed by atoms with van der Waals surface area (Å²) in [7, 11) is -3.59. The lowest BCUT2D eigenvalue weighted by atomic mass is 10.2. The number of benzene rings is 4. The van der Waals surface area contributed by atoms with Gasteiger partial charge in [-0.3, -0.25) is 0 Å². The maximum absolute atomic E-state index is 6.65. The first-order valence-corrected chi connectivity index (χ1v) is 13.6. The third-order valence-electron chi connectivity index (χ3n) is 5.68. The molecule has 1 atom stereocenters. The fraction of sp³-hybridized carbons (Fsp3) is 0.200. The van der Waals surface area contributed by atoms with Gasteiger partial charge in [-0.05, 0) is 83.1 Å².